The van der Waals surface area contributed by atoms with E-state index < -0.39 is 108 Å². The number of hydrogen-bond acceptors (Lipinski definition) is 15. The highest BCUT2D eigenvalue weighted by atomic mass is 16.6. The zero-order chi connectivity index (χ0) is 74.0. The topological polar surface area (TPSA) is 339 Å². The van der Waals surface area contributed by atoms with Crippen molar-refractivity contribution in [2.75, 3.05) is 65.2 Å². The van der Waals surface area contributed by atoms with Crippen molar-refractivity contribution < 1.29 is 72.0 Å². The molecule has 26 nitrogen and oxygen atoms in total. The fourth-order valence-corrected chi connectivity index (χ4v) is 12.4. The van der Waals surface area contributed by atoms with Gasteiger partial charge in [0.15, 0.2) is 0 Å². The molecule has 26 heteroatoms. The summed E-state index contributed by atoms with van der Waals surface area (Å²) in [6, 6.07) is 16.6. The maximum atomic E-state index is 14.9. The molecule has 0 aromatic heterocycles. The van der Waals surface area contributed by atoms with Crippen molar-refractivity contribution in [3.8, 4) is 0 Å². The number of nitrogens with zero attached hydrogens (tertiary/aromatic N) is 4. The number of urea groups is 1. The van der Waals surface area contributed by atoms with Gasteiger partial charge < -0.3 is 71.5 Å². The van der Waals surface area contributed by atoms with E-state index in [1.54, 1.807) is 126 Å². The minimum absolute atomic E-state index is 0.0799. The SMILES string of the molecule is CC[C@H](C)[C@@H]([C@@H](CC(=O)N1CCC[C@H]1[C@H](OC)[C@@H](C)C(=O)N[C@@H](Cc1ccccc1)C(=O)O)OC)N(C)C(=O)[C@@H](NC(=O)[C@H](C(C)C)N(C)CCc1ccc(N(C)C(=O)OCc2ccc(NC(=O)[C@H](CCCCNC(N)=O)NC(=O)[C@@H](NC(=O)OC(C)(C)C)C(C)C)cc2)cc1)C(C)C. The van der Waals surface area contributed by atoms with Gasteiger partial charge in [0, 0.05) is 65.7 Å². The molecule has 1 heterocycles. The van der Waals surface area contributed by atoms with Crippen LogP contribution in [0.2, 0.25) is 0 Å². The standard InChI is InChI=1S/C73H113N11O15/c1-18-47(8)62(57(96-16)42-58(85)84-39-24-28-56(84)63(97-17)48(9)64(86)78-55(69(91)92)41-50-25-20-19-21-26-50)83(15)68(90)60(45(4)5)79-67(89)61(46(6)7)81(13)40-37-49-31-35-53(36-32-49)82(14)72(95)98-43-51-29-33-52(34-30-51)76-65(87)54(27-22-23-38-75-70(74)93)77-66(88)59(44(2)3)80-71(94)99-73(10,11)12/h19-21,25-26,29-36,44-48,54-57,59-63H,18,22-24,27-28,37-43H2,1-17H3,(H,76,87)(H,77,88)(H,78,86)(H,79,89)(H,80,94)(H,91,92)(H3,74,75,93)/t47-,48+,54-,55-,56-,57+,59-,60-,61-,62-,63+/m0/s1. The van der Waals surface area contributed by atoms with Crippen LogP contribution in [0, 0.1) is 29.6 Å². The lowest BCUT2D eigenvalue weighted by molar-refractivity contribution is -0.148. The predicted octanol–water partition coefficient (Wildman–Crippen LogP) is 7.64. The van der Waals surface area contributed by atoms with Crippen LogP contribution in [-0.4, -0.2) is 195 Å². The Balaban J connectivity index is 1.35. The van der Waals surface area contributed by atoms with Crippen LogP contribution in [0.3, 0.4) is 0 Å². The number of unbranched alkanes of at least 4 members (excludes halogenated alkanes) is 1. The molecule has 9 N–H and O–H groups in total. The third-order valence-corrected chi connectivity index (χ3v) is 18.2. The van der Waals surface area contributed by atoms with Crippen LogP contribution in [0.4, 0.5) is 25.8 Å². The van der Waals surface area contributed by atoms with Crippen molar-refractivity contribution in [2.45, 2.75) is 208 Å². The first-order chi connectivity index (χ1) is 46.6. The molecule has 0 aliphatic carbocycles. The van der Waals surface area contributed by atoms with Crippen LogP contribution in [0.1, 0.15) is 145 Å². The molecule has 11 atom stereocenters. The van der Waals surface area contributed by atoms with E-state index in [9.17, 15) is 53.1 Å². The number of benzene rings is 3. The lowest BCUT2D eigenvalue weighted by Crippen LogP contribution is -2.60. The first-order valence-corrected chi connectivity index (χ1v) is 34.5. The summed E-state index contributed by atoms with van der Waals surface area (Å²) in [5, 5.41) is 26.6. The number of carbonyl (C=O) groups is 10. The lowest BCUT2D eigenvalue weighted by atomic mass is 9.89. The molecular weight excluding hydrogens is 1270 g/mol. The molecule has 1 aliphatic rings. The molecule has 3 aromatic carbocycles. The number of aliphatic carboxylic acids is 1. The Morgan fingerprint density at radius 1 is 0.697 bits per heavy atom. The summed E-state index contributed by atoms with van der Waals surface area (Å²) in [4.78, 5) is 141. The molecule has 3 aromatic rings. The second-order valence-corrected chi connectivity index (χ2v) is 28.0. The van der Waals surface area contributed by atoms with Crippen LogP contribution in [0.25, 0.3) is 0 Å². The first-order valence-electron chi connectivity index (χ1n) is 34.5. The zero-order valence-corrected chi connectivity index (χ0v) is 61.3. The van der Waals surface area contributed by atoms with Crippen LogP contribution in [0.5, 0.6) is 0 Å². The number of nitrogens with two attached hydrogens (primary N) is 1. The van der Waals surface area contributed by atoms with Crippen molar-refractivity contribution in [1.82, 2.24) is 41.3 Å². The van der Waals surface area contributed by atoms with Gasteiger partial charge in [-0.1, -0.05) is 123 Å². The average Bonchev–Trinajstić information content (AvgIpc) is 1.80. The number of methoxy groups -OCH3 is 2. The highest BCUT2D eigenvalue weighted by Gasteiger charge is 2.44. The van der Waals surface area contributed by atoms with Gasteiger partial charge in [0.05, 0.1) is 42.7 Å². The van der Waals surface area contributed by atoms with E-state index in [4.69, 9.17) is 24.7 Å². The molecule has 0 bridgehead atoms. The second kappa shape index (κ2) is 40.0. The summed E-state index contributed by atoms with van der Waals surface area (Å²) in [6.45, 7) is 23.0. The number of rotatable bonds is 38. The zero-order valence-electron chi connectivity index (χ0n) is 61.3. The minimum Gasteiger partial charge on any atom is -0.480 e. The monoisotopic (exact) mass is 1380 g/mol. The van der Waals surface area contributed by atoms with Crippen LogP contribution >= 0.6 is 0 Å². The number of ether oxygens (including phenoxy) is 4. The third kappa shape index (κ3) is 26.0. The molecule has 99 heavy (non-hydrogen) atoms. The number of carboxylic acid groups (broad SMARTS) is 1. The number of hydrogen-bond donors (Lipinski definition) is 8. The van der Waals surface area contributed by atoms with E-state index in [0.717, 1.165) is 11.1 Å². The molecule has 0 saturated carbocycles. The van der Waals surface area contributed by atoms with Gasteiger partial charge in [-0.05, 0) is 131 Å². The second-order valence-electron chi connectivity index (χ2n) is 28.0. The number of nitrogens with one attached hydrogen (secondary N) is 6. The Hall–Kier alpha value is -8.36. The number of alkyl carbamates (subject to hydrolysis) is 1. The van der Waals surface area contributed by atoms with E-state index in [-0.39, 0.29) is 73.8 Å². The number of primary amides is 1. The molecule has 0 radical (unpaired) electrons. The van der Waals surface area contributed by atoms with Gasteiger partial charge in [0.1, 0.15) is 36.4 Å². The highest BCUT2D eigenvalue weighted by Crippen LogP contribution is 2.31. The molecule has 550 valence electrons. The number of carbonyl (C=O) groups excluding carboxylic acids is 9. The molecule has 1 fully saturated rings. The summed E-state index contributed by atoms with van der Waals surface area (Å²) in [5.74, 6) is -5.41. The molecule has 1 saturated heterocycles. The van der Waals surface area contributed by atoms with E-state index in [0.29, 0.717) is 68.6 Å². The lowest BCUT2D eigenvalue weighted by Gasteiger charge is -2.41. The summed E-state index contributed by atoms with van der Waals surface area (Å²) in [7, 11) is 8.15. The van der Waals surface area contributed by atoms with Crippen molar-refractivity contribution in [3.63, 3.8) is 0 Å². The van der Waals surface area contributed by atoms with Gasteiger partial charge in [0.2, 0.25) is 35.4 Å². The van der Waals surface area contributed by atoms with Crippen molar-refractivity contribution >= 4 is 71.0 Å². The number of likely N-dealkylation sites (N-methyl/N-ethyl adjacent to an activating group) is 2. The largest absolute Gasteiger partial charge is 0.480 e. The van der Waals surface area contributed by atoms with Gasteiger partial charge in [-0.25, -0.2) is 19.2 Å². The Bertz CT molecular complexity index is 3110. The van der Waals surface area contributed by atoms with Crippen molar-refractivity contribution in [2.24, 2.45) is 35.3 Å². The summed E-state index contributed by atoms with van der Waals surface area (Å²) >= 11 is 0. The fraction of sp³-hybridized carbons (Fsp3) is 0.616. The van der Waals surface area contributed by atoms with E-state index >= 15 is 0 Å². The molecule has 0 unspecified atom stereocenters. The Morgan fingerprint density at radius 2 is 1.31 bits per heavy atom. The normalized spacial score (nSPS) is 16.2. The molecule has 10 amide bonds. The predicted molar refractivity (Wildman–Crippen MR) is 379 cm³/mol. The van der Waals surface area contributed by atoms with Crippen molar-refractivity contribution in [1.29, 1.82) is 0 Å². The Morgan fingerprint density at radius 3 is 1.87 bits per heavy atom. The minimum atomic E-state index is -1.17. The summed E-state index contributed by atoms with van der Waals surface area (Å²) < 4.78 is 23.1. The molecule has 4 rings (SSSR count). The fourth-order valence-electron chi connectivity index (χ4n) is 12.4. The first kappa shape index (κ1) is 83.1. The van der Waals surface area contributed by atoms with Gasteiger partial charge in [-0.3, -0.25) is 38.6 Å². The van der Waals surface area contributed by atoms with Crippen LogP contribution in [0.15, 0.2) is 78.9 Å². The Labute approximate surface area is 585 Å². The molecule has 0 spiro atoms. The van der Waals surface area contributed by atoms with Gasteiger partial charge >= 0.3 is 24.2 Å². The van der Waals surface area contributed by atoms with Crippen LogP contribution in [-0.2, 0) is 72.0 Å². The number of likely N-dealkylation sites (tertiary alicyclic amines) is 1. The van der Waals surface area contributed by atoms with E-state index in [2.05, 4.69) is 31.9 Å². The summed E-state index contributed by atoms with van der Waals surface area (Å²) in [5.41, 5.74) is 7.73. The quantitative estimate of drug-likeness (QED) is 0.0255. The highest BCUT2D eigenvalue weighted by molar-refractivity contribution is 5.98. The van der Waals surface area contributed by atoms with E-state index in [1.165, 1.54) is 19.1 Å². The molecular formula is C73H113N11O15. The Kier molecular flexibility index (Phi) is 33.6. The van der Waals surface area contributed by atoms with Gasteiger partial charge in [0.25, 0.3) is 0 Å². The maximum Gasteiger partial charge on any atom is 0.414 e. The van der Waals surface area contributed by atoms with Crippen LogP contribution < -0.4 is 42.5 Å². The number of anilines is 2. The molecule has 1 aliphatic heterocycles. The third-order valence-electron chi connectivity index (χ3n) is 18.2. The summed E-state index contributed by atoms with van der Waals surface area (Å²) in [6.07, 6.45) is 0.675. The van der Waals surface area contributed by atoms with E-state index in [1.807, 2.05) is 71.7 Å². The average molecular weight is 1380 g/mol. The number of amides is 10. The van der Waals surface area contributed by atoms with Gasteiger partial charge in [-0.15, -0.1) is 0 Å². The van der Waals surface area contributed by atoms with Gasteiger partial charge in [-0.2, -0.15) is 0 Å². The maximum absolute atomic E-state index is 14.9. The van der Waals surface area contributed by atoms with Crippen molar-refractivity contribution in [3.05, 3.63) is 95.6 Å². The smallest absolute Gasteiger partial charge is 0.414 e. The number of carboxylic acids is 1.